The van der Waals surface area contributed by atoms with Crippen LogP contribution >= 0.6 is 23.1 Å². The van der Waals surface area contributed by atoms with E-state index in [0.717, 1.165) is 21.3 Å². The lowest BCUT2D eigenvalue weighted by Crippen LogP contribution is -2.23. The second-order valence-corrected chi connectivity index (χ2v) is 9.54. The number of aryl methyl sites for hydroxylation is 2. The van der Waals surface area contributed by atoms with E-state index >= 15 is 0 Å². The number of thioether (sulfide) groups is 1. The fraction of sp³-hybridized carbons (Fsp3) is 0.125. The number of carbonyl (C=O) groups excluding carboxylic acids is 1. The predicted molar refractivity (Wildman–Crippen MR) is 134 cm³/mol. The Morgan fingerprint density at radius 3 is 2.70 bits per heavy atom. The second kappa shape index (κ2) is 8.76. The van der Waals surface area contributed by atoms with Crippen LogP contribution in [-0.2, 0) is 4.79 Å². The van der Waals surface area contributed by atoms with Gasteiger partial charge in [-0.2, -0.15) is 0 Å². The number of hydrogen-bond donors (Lipinski definition) is 1. The quantitative estimate of drug-likeness (QED) is 0.293. The van der Waals surface area contributed by atoms with E-state index < -0.39 is 0 Å². The molecule has 3 aromatic heterocycles. The van der Waals surface area contributed by atoms with Gasteiger partial charge in [0, 0.05) is 6.20 Å². The summed E-state index contributed by atoms with van der Waals surface area (Å²) in [7, 11) is 0. The average Bonchev–Trinajstić information content (AvgIpc) is 3.19. The van der Waals surface area contributed by atoms with Gasteiger partial charge in [-0.05, 0) is 61.4 Å². The number of anilines is 1. The number of amides is 1. The fourth-order valence-corrected chi connectivity index (χ4v) is 5.21. The lowest BCUT2D eigenvalue weighted by molar-refractivity contribution is -0.113. The summed E-state index contributed by atoms with van der Waals surface area (Å²) in [6.07, 6.45) is 1.66. The molecule has 2 aromatic carbocycles. The monoisotopic (exact) mass is 473 g/mol. The molecule has 0 saturated heterocycles. The second-order valence-electron chi connectivity index (χ2n) is 7.57. The molecule has 0 unspecified atom stereocenters. The Morgan fingerprint density at radius 1 is 1.03 bits per heavy atom. The fourth-order valence-electron chi connectivity index (χ4n) is 3.42. The van der Waals surface area contributed by atoms with Gasteiger partial charge in [-0.15, -0.1) is 0 Å². The summed E-state index contributed by atoms with van der Waals surface area (Å²) in [6.45, 7) is 3.96. The van der Waals surface area contributed by atoms with Crippen LogP contribution in [0.2, 0.25) is 0 Å². The van der Waals surface area contributed by atoms with Crippen LogP contribution in [-0.4, -0.2) is 31.2 Å². The van der Waals surface area contributed by atoms with Crippen molar-refractivity contribution in [3.63, 3.8) is 0 Å². The van der Waals surface area contributed by atoms with Crippen LogP contribution in [0.3, 0.4) is 0 Å². The van der Waals surface area contributed by atoms with Gasteiger partial charge in [0.2, 0.25) is 5.91 Å². The molecule has 0 aliphatic rings. The van der Waals surface area contributed by atoms with Gasteiger partial charge in [0.05, 0.1) is 26.9 Å². The molecule has 164 valence electrons. The minimum atomic E-state index is -0.220. The molecule has 0 aliphatic carbocycles. The van der Waals surface area contributed by atoms with Gasteiger partial charge in [-0.1, -0.05) is 41.3 Å². The predicted octanol–water partition coefficient (Wildman–Crippen LogP) is 4.74. The molecule has 0 saturated carbocycles. The molecule has 9 heteroatoms. The number of hydrogen-bond acceptors (Lipinski definition) is 7. The maximum atomic E-state index is 13.3. The SMILES string of the molecule is Cc1ccnc(-n2c(SCC(=O)Nc3nc4ccc(C)cc4s3)nc3ccccc3c2=O)c1. The zero-order chi connectivity index (χ0) is 22.9. The van der Waals surface area contributed by atoms with Crippen LogP contribution in [0, 0.1) is 13.8 Å². The molecule has 1 N–H and O–H groups in total. The molecule has 1 amide bonds. The van der Waals surface area contributed by atoms with E-state index in [1.54, 1.807) is 24.4 Å². The number of nitrogens with zero attached hydrogens (tertiary/aromatic N) is 4. The van der Waals surface area contributed by atoms with E-state index in [1.165, 1.54) is 27.7 Å². The molecule has 7 nitrogen and oxygen atoms in total. The van der Waals surface area contributed by atoms with Crippen molar-refractivity contribution < 1.29 is 4.79 Å². The van der Waals surface area contributed by atoms with Crippen LogP contribution in [0.4, 0.5) is 5.13 Å². The first kappa shape index (κ1) is 21.3. The van der Waals surface area contributed by atoms with Gasteiger partial charge >= 0.3 is 0 Å². The van der Waals surface area contributed by atoms with Crippen molar-refractivity contribution in [3.8, 4) is 5.82 Å². The van der Waals surface area contributed by atoms with Crippen LogP contribution in [0.5, 0.6) is 0 Å². The van der Waals surface area contributed by atoms with Crippen molar-refractivity contribution in [1.82, 2.24) is 19.5 Å². The van der Waals surface area contributed by atoms with Gasteiger partial charge < -0.3 is 5.32 Å². The first-order valence-corrected chi connectivity index (χ1v) is 12.0. The highest BCUT2D eigenvalue weighted by molar-refractivity contribution is 7.99. The number of carbonyl (C=O) groups is 1. The van der Waals surface area contributed by atoms with E-state index in [2.05, 4.69) is 20.3 Å². The number of pyridine rings is 1. The van der Waals surface area contributed by atoms with Gasteiger partial charge in [0.25, 0.3) is 5.56 Å². The highest BCUT2D eigenvalue weighted by atomic mass is 32.2. The van der Waals surface area contributed by atoms with Crippen molar-refractivity contribution >= 4 is 55.3 Å². The van der Waals surface area contributed by atoms with Crippen molar-refractivity contribution in [3.05, 3.63) is 82.3 Å². The molecule has 0 spiro atoms. The number of para-hydroxylation sites is 1. The Bertz CT molecular complexity index is 1570. The Balaban J connectivity index is 1.44. The van der Waals surface area contributed by atoms with Gasteiger partial charge in [0.1, 0.15) is 5.82 Å². The number of thiazole rings is 1. The standard InChI is InChI=1S/C24H19N5O2S2/c1-14-7-8-18-19(11-14)33-23(26-18)28-21(30)13-32-24-27-17-6-4-3-5-16(17)22(31)29(24)20-12-15(2)9-10-25-20/h3-12H,13H2,1-2H3,(H,26,28,30). The third kappa shape index (κ3) is 4.37. The minimum absolute atomic E-state index is 0.0749. The molecule has 0 radical (unpaired) electrons. The van der Waals surface area contributed by atoms with Crippen LogP contribution in [0.25, 0.3) is 26.9 Å². The number of aromatic nitrogens is 4. The van der Waals surface area contributed by atoms with E-state index in [1.807, 2.05) is 50.2 Å². The summed E-state index contributed by atoms with van der Waals surface area (Å²) in [5, 5.41) is 4.31. The Kier molecular flexibility index (Phi) is 5.65. The first-order valence-electron chi connectivity index (χ1n) is 10.2. The molecule has 0 aliphatic heterocycles. The molecule has 33 heavy (non-hydrogen) atoms. The Morgan fingerprint density at radius 2 is 1.85 bits per heavy atom. The van der Waals surface area contributed by atoms with Crippen molar-refractivity contribution in [2.45, 2.75) is 19.0 Å². The zero-order valence-electron chi connectivity index (χ0n) is 17.9. The van der Waals surface area contributed by atoms with E-state index in [-0.39, 0.29) is 17.2 Å². The summed E-state index contributed by atoms with van der Waals surface area (Å²) in [5.41, 5.74) is 3.33. The highest BCUT2D eigenvalue weighted by Crippen LogP contribution is 2.27. The lowest BCUT2D eigenvalue weighted by Gasteiger charge is -2.12. The van der Waals surface area contributed by atoms with E-state index in [0.29, 0.717) is 27.0 Å². The number of fused-ring (bicyclic) bond motifs is 2. The summed E-state index contributed by atoms with van der Waals surface area (Å²) in [6, 6.07) is 16.8. The number of rotatable bonds is 5. The smallest absolute Gasteiger partial charge is 0.267 e. The van der Waals surface area contributed by atoms with Crippen molar-refractivity contribution in [2.24, 2.45) is 0 Å². The van der Waals surface area contributed by atoms with Crippen LogP contribution < -0.4 is 10.9 Å². The lowest BCUT2D eigenvalue weighted by atomic mass is 10.2. The van der Waals surface area contributed by atoms with Crippen LogP contribution in [0.15, 0.2) is 70.7 Å². The summed E-state index contributed by atoms with van der Waals surface area (Å²) < 4.78 is 2.49. The molecule has 5 rings (SSSR count). The third-order valence-electron chi connectivity index (χ3n) is 5.00. The number of nitrogens with one attached hydrogen (secondary N) is 1. The third-order valence-corrected chi connectivity index (χ3v) is 6.87. The summed E-state index contributed by atoms with van der Waals surface area (Å²) in [5.74, 6) is 0.329. The molecule has 0 fully saturated rings. The molecular weight excluding hydrogens is 454 g/mol. The largest absolute Gasteiger partial charge is 0.301 e. The van der Waals surface area contributed by atoms with Crippen molar-refractivity contribution in [1.29, 1.82) is 0 Å². The van der Waals surface area contributed by atoms with Gasteiger partial charge in [-0.3, -0.25) is 9.59 Å². The van der Waals surface area contributed by atoms with Crippen molar-refractivity contribution in [2.75, 3.05) is 11.1 Å². The summed E-state index contributed by atoms with van der Waals surface area (Å²) >= 11 is 2.62. The number of benzene rings is 2. The molecule has 3 heterocycles. The van der Waals surface area contributed by atoms with Gasteiger partial charge in [0.15, 0.2) is 10.3 Å². The molecule has 0 bridgehead atoms. The Hall–Kier alpha value is -3.56. The van der Waals surface area contributed by atoms with E-state index in [9.17, 15) is 9.59 Å². The summed E-state index contributed by atoms with van der Waals surface area (Å²) in [4.78, 5) is 39.5. The van der Waals surface area contributed by atoms with E-state index in [4.69, 9.17) is 0 Å². The van der Waals surface area contributed by atoms with Gasteiger partial charge in [-0.25, -0.2) is 19.5 Å². The molecule has 5 aromatic rings. The maximum Gasteiger partial charge on any atom is 0.267 e. The molecule has 0 atom stereocenters. The maximum absolute atomic E-state index is 13.3. The Labute approximate surface area is 197 Å². The highest BCUT2D eigenvalue weighted by Gasteiger charge is 2.16. The minimum Gasteiger partial charge on any atom is -0.301 e. The van der Waals surface area contributed by atoms with Crippen LogP contribution in [0.1, 0.15) is 11.1 Å². The first-order chi connectivity index (χ1) is 16.0. The normalized spacial score (nSPS) is 11.2. The average molecular weight is 474 g/mol. The zero-order valence-corrected chi connectivity index (χ0v) is 19.5. The topological polar surface area (TPSA) is 89.8 Å². The molecular formula is C24H19N5O2S2.